The molecule has 122 valence electrons. The van der Waals surface area contributed by atoms with Crippen LogP contribution in [0.1, 0.15) is 24.2 Å². The largest absolute Gasteiger partial charge is 0.493 e. The molecule has 0 saturated heterocycles. The molecule has 1 aromatic heterocycles. The molecule has 0 bridgehead atoms. The zero-order valence-corrected chi connectivity index (χ0v) is 13.4. The maximum absolute atomic E-state index is 5.93. The highest BCUT2D eigenvalue weighted by molar-refractivity contribution is 5.79. The number of guanidine groups is 1. The second-order valence-electron chi connectivity index (χ2n) is 5.72. The van der Waals surface area contributed by atoms with E-state index in [1.165, 1.54) is 12.8 Å². The van der Waals surface area contributed by atoms with E-state index in [0.717, 1.165) is 35.6 Å². The van der Waals surface area contributed by atoms with Gasteiger partial charge in [-0.05, 0) is 37.0 Å². The summed E-state index contributed by atoms with van der Waals surface area (Å²) in [4.78, 5) is 4.23. The van der Waals surface area contributed by atoms with Crippen LogP contribution in [0.3, 0.4) is 0 Å². The van der Waals surface area contributed by atoms with Gasteiger partial charge in [0.15, 0.2) is 5.96 Å². The first-order valence-corrected chi connectivity index (χ1v) is 8.03. The number of nitrogens with one attached hydrogen (secondary N) is 2. The van der Waals surface area contributed by atoms with Crippen molar-refractivity contribution in [1.82, 2.24) is 10.6 Å². The Morgan fingerprint density at radius 2 is 2.00 bits per heavy atom. The Morgan fingerprint density at radius 1 is 1.17 bits per heavy atom. The Balaban J connectivity index is 1.51. The predicted molar refractivity (Wildman–Crippen MR) is 90.4 cm³/mol. The van der Waals surface area contributed by atoms with E-state index < -0.39 is 0 Å². The van der Waals surface area contributed by atoms with Gasteiger partial charge in [-0.1, -0.05) is 18.2 Å². The molecule has 1 heterocycles. The van der Waals surface area contributed by atoms with Crippen LogP contribution in [-0.4, -0.2) is 19.6 Å². The molecule has 0 radical (unpaired) electrons. The van der Waals surface area contributed by atoms with Crippen molar-refractivity contribution >= 4 is 5.96 Å². The van der Waals surface area contributed by atoms with E-state index >= 15 is 0 Å². The Hall–Kier alpha value is -2.43. The highest BCUT2D eigenvalue weighted by Crippen LogP contribution is 2.30. The summed E-state index contributed by atoms with van der Waals surface area (Å²) in [6, 6.07) is 11.9. The summed E-state index contributed by atoms with van der Waals surface area (Å²) in [6.07, 6.45) is 4.26. The minimum atomic E-state index is 0.604. The standard InChI is InChI=1S/C18H23N3O2/c1-19-18(21-12-16-6-4-10-22-16)20-11-15-5-2-3-7-17(15)23-13-14-8-9-14/h2-7,10,14H,8-9,11-13H2,1H3,(H2,19,20,21). The molecular weight excluding hydrogens is 290 g/mol. The SMILES string of the molecule is CN=C(NCc1ccco1)NCc1ccccc1OCC1CC1. The van der Waals surface area contributed by atoms with Crippen LogP contribution in [0.5, 0.6) is 5.75 Å². The molecule has 1 aromatic carbocycles. The average Bonchev–Trinajstić information content (AvgIpc) is 3.27. The number of para-hydroxylation sites is 1. The highest BCUT2D eigenvalue weighted by atomic mass is 16.5. The number of benzene rings is 1. The van der Waals surface area contributed by atoms with Crippen molar-refractivity contribution in [2.75, 3.05) is 13.7 Å². The monoisotopic (exact) mass is 313 g/mol. The molecule has 0 atom stereocenters. The number of nitrogens with zero attached hydrogens (tertiary/aromatic N) is 1. The predicted octanol–water partition coefficient (Wildman–Crippen LogP) is 2.93. The fourth-order valence-corrected chi connectivity index (χ4v) is 2.27. The molecule has 23 heavy (non-hydrogen) atoms. The van der Waals surface area contributed by atoms with Gasteiger partial charge in [0.05, 0.1) is 19.4 Å². The van der Waals surface area contributed by atoms with Crippen molar-refractivity contribution < 1.29 is 9.15 Å². The van der Waals surface area contributed by atoms with Crippen molar-refractivity contribution in [2.45, 2.75) is 25.9 Å². The maximum Gasteiger partial charge on any atom is 0.191 e. The molecule has 0 spiro atoms. The molecule has 0 aliphatic heterocycles. The van der Waals surface area contributed by atoms with Crippen molar-refractivity contribution in [1.29, 1.82) is 0 Å². The van der Waals surface area contributed by atoms with E-state index in [1.807, 2.05) is 30.3 Å². The summed E-state index contributed by atoms with van der Waals surface area (Å²) in [6.45, 7) is 2.09. The average molecular weight is 313 g/mol. The van der Waals surface area contributed by atoms with E-state index in [9.17, 15) is 0 Å². The number of ether oxygens (including phenoxy) is 1. The lowest BCUT2D eigenvalue weighted by Crippen LogP contribution is -2.36. The molecule has 2 N–H and O–H groups in total. The van der Waals surface area contributed by atoms with E-state index in [4.69, 9.17) is 9.15 Å². The third kappa shape index (κ3) is 4.77. The normalized spacial score (nSPS) is 14.6. The zero-order chi connectivity index (χ0) is 15.9. The van der Waals surface area contributed by atoms with Crippen LogP contribution < -0.4 is 15.4 Å². The number of aliphatic imine (C=N–C) groups is 1. The van der Waals surface area contributed by atoms with E-state index in [-0.39, 0.29) is 0 Å². The summed E-state index contributed by atoms with van der Waals surface area (Å²) in [7, 11) is 1.76. The molecule has 5 heteroatoms. The summed E-state index contributed by atoms with van der Waals surface area (Å²) in [5.41, 5.74) is 1.13. The second kappa shape index (κ2) is 7.72. The van der Waals surface area contributed by atoms with Crippen LogP contribution in [0.4, 0.5) is 0 Å². The maximum atomic E-state index is 5.93. The third-order valence-corrected chi connectivity index (χ3v) is 3.82. The fraction of sp³-hybridized carbons (Fsp3) is 0.389. The molecule has 3 rings (SSSR count). The van der Waals surface area contributed by atoms with Crippen LogP contribution in [0, 0.1) is 5.92 Å². The van der Waals surface area contributed by atoms with Gasteiger partial charge in [-0.15, -0.1) is 0 Å². The smallest absolute Gasteiger partial charge is 0.191 e. The Morgan fingerprint density at radius 3 is 2.74 bits per heavy atom. The van der Waals surface area contributed by atoms with Crippen LogP contribution in [0.2, 0.25) is 0 Å². The lowest BCUT2D eigenvalue weighted by molar-refractivity contribution is 0.296. The molecule has 0 amide bonds. The van der Waals surface area contributed by atoms with Crippen LogP contribution in [0.15, 0.2) is 52.1 Å². The summed E-state index contributed by atoms with van der Waals surface area (Å²) >= 11 is 0. The summed E-state index contributed by atoms with van der Waals surface area (Å²) < 4.78 is 11.2. The summed E-state index contributed by atoms with van der Waals surface area (Å²) in [5, 5.41) is 6.54. The minimum Gasteiger partial charge on any atom is -0.493 e. The minimum absolute atomic E-state index is 0.604. The van der Waals surface area contributed by atoms with Crippen molar-refractivity contribution in [3.63, 3.8) is 0 Å². The van der Waals surface area contributed by atoms with Crippen LogP contribution >= 0.6 is 0 Å². The molecule has 1 aliphatic rings. The molecule has 2 aromatic rings. The van der Waals surface area contributed by atoms with Crippen molar-refractivity contribution in [3.05, 3.63) is 54.0 Å². The number of furan rings is 1. The highest BCUT2D eigenvalue weighted by Gasteiger charge is 2.22. The van der Waals surface area contributed by atoms with Gasteiger partial charge >= 0.3 is 0 Å². The van der Waals surface area contributed by atoms with Gasteiger partial charge in [0.1, 0.15) is 11.5 Å². The fourth-order valence-electron chi connectivity index (χ4n) is 2.27. The van der Waals surface area contributed by atoms with Crippen molar-refractivity contribution in [3.8, 4) is 5.75 Å². The second-order valence-corrected chi connectivity index (χ2v) is 5.72. The quantitative estimate of drug-likeness (QED) is 0.609. The van der Waals surface area contributed by atoms with Gasteiger partial charge in [-0.25, -0.2) is 0 Å². The Labute approximate surface area is 136 Å². The van der Waals surface area contributed by atoms with Crippen LogP contribution in [-0.2, 0) is 13.1 Å². The first kappa shape index (κ1) is 15.5. The molecule has 0 unspecified atom stereocenters. The summed E-state index contributed by atoms with van der Waals surface area (Å²) in [5.74, 6) is 3.31. The third-order valence-electron chi connectivity index (χ3n) is 3.82. The van der Waals surface area contributed by atoms with E-state index in [1.54, 1.807) is 13.3 Å². The lowest BCUT2D eigenvalue weighted by Gasteiger charge is -2.14. The lowest BCUT2D eigenvalue weighted by atomic mass is 10.2. The molecule has 1 aliphatic carbocycles. The van der Waals surface area contributed by atoms with E-state index in [0.29, 0.717) is 13.1 Å². The molecule has 1 fully saturated rings. The van der Waals surface area contributed by atoms with Gasteiger partial charge in [0.2, 0.25) is 0 Å². The first-order valence-electron chi connectivity index (χ1n) is 8.03. The van der Waals surface area contributed by atoms with Crippen molar-refractivity contribution in [2.24, 2.45) is 10.9 Å². The van der Waals surface area contributed by atoms with Gasteiger partial charge in [-0.3, -0.25) is 4.99 Å². The molecule has 1 saturated carbocycles. The van der Waals surface area contributed by atoms with Crippen LogP contribution in [0.25, 0.3) is 0 Å². The Bertz CT molecular complexity index is 633. The number of rotatable bonds is 7. The number of hydrogen-bond donors (Lipinski definition) is 2. The number of hydrogen-bond acceptors (Lipinski definition) is 3. The van der Waals surface area contributed by atoms with E-state index in [2.05, 4.69) is 21.7 Å². The topological polar surface area (TPSA) is 58.8 Å². The van der Waals surface area contributed by atoms with Gasteiger partial charge < -0.3 is 19.8 Å². The Kier molecular flexibility index (Phi) is 5.19. The zero-order valence-electron chi connectivity index (χ0n) is 13.4. The molecule has 5 nitrogen and oxygen atoms in total. The first-order chi connectivity index (χ1) is 11.3. The van der Waals surface area contributed by atoms with Gasteiger partial charge in [0.25, 0.3) is 0 Å². The van der Waals surface area contributed by atoms with Gasteiger partial charge in [-0.2, -0.15) is 0 Å². The molecular formula is C18H23N3O2. The van der Waals surface area contributed by atoms with Gasteiger partial charge in [0, 0.05) is 19.2 Å².